The molecule has 0 rings (SSSR count). The molecule has 0 fully saturated rings. The Morgan fingerprint density at radius 3 is 1.15 bits per heavy atom. The van der Waals surface area contributed by atoms with Crippen LogP contribution in [0.5, 0.6) is 0 Å². The second-order valence-corrected chi connectivity index (χ2v) is 24.7. The van der Waals surface area contributed by atoms with Gasteiger partial charge in [-0.2, -0.15) is 0 Å². The molecule has 0 aromatic heterocycles. The Bertz CT molecular complexity index is 1320. The molecule has 0 aliphatic rings. The molecule has 0 bridgehead atoms. The number of quaternary nitrogens is 1. The Morgan fingerprint density at radius 2 is 0.784 bits per heavy atom. The SMILES string of the molecule is CCCCCCCC/C=C/CCCCCCCCCCCCCC(=O)OC(/C=C/CCCCCCCCCCCCC)C(COP(=O)(O)OCC[N+](C)(C)C)NC(=O)CCCCCCCCCCCCCCCC. The van der Waals surface area contributed by atoms with Crippen LogP contribution in [0.1, 0.15) is 323 Å². The standard InChI is InChI=1S/C64H125N2O7P/c1-7-10-13-16-19-22-25-28-30-31-32-33-34-35-36-39-42-45-48-51-54-57-64(68)73-62(55-52-49-46-43-40-37-27-24-21-18-15-12-9-3)61(60-72-74(69,70)71-59-58-66(4,5)6)65-63(67)56-53-50-47-44-41-38-29-26-23-20-17-14-11-8-2/h28,30,52,55,61-62H,7-27,29,31-51,53-54,56-60H2,1-6H3,(H-,65,67,69,70)/p+1/b30-28+,55-52+. The van der Waals surface area contributed by atoms with E-state index in [1.807, 2.05) is 33.3 Å². The van der Waals surface area contributed by atoms with E-state index in [-0.39, 0.29) is 25.1 Å². The molecule has 3 unspecified atom stereocenters. The van der Waals surface area contributed by atoms with Crippen molar-refractivity contribution in [1.82, 2.24) is 5.32 Å². The first kappa shape index (κ1) is 72.5. The lowest BCUT2D eigenvalue weighted by molar-refractivity contribution is -0.870. The van der Waals surface area contributed by atoms with Crippen molar-refractivity contribution in [3.05, 3.63) is 24.3 Å². The van der Waals surface area contributed by atoms with Crippen molar-refractivity contribution in [3.63, 3.8) is 0 Å². The van der Waals surface area contributed by atoms with Crippen molar-refractivity contribution in [2.75, 3.05) is 40.9 Å². The van der Waals surface area contributed by atoms with Crippen LogP contribution in [-0.2, 0) is 27.9 Å². The molecule has 0 aromatic carbocycles. The molecular weight excluding hydrogens is 940 g/mol. The molecule has 0 saturated carbocycles. The van der Waals surface area contributed by atoms with Gasteiger partial charge in [0.1, 0.15) is 19.3 Å². The summed E-state index contributed by atoms with van der Waals surface area (Å²) in [5, 5.41) is 3.06. The van der Waals surface area contributed by atoms with Crippen LogP contribution in [0.4, 0.5) is 0 Å². The van der Waals surface area contributed by atoms with Crippen molar-refractivity contribution in [2.24, 2.45) is 0 Å². The maximum atomic E-state index is 13.5. The highest BCUT2D eigenvalue weighted by molar-refractivity contribution is 7.47. The number of nitrogens with one attached hydrogen (secondary N) is 1. The molecule has 1 amide bonds. The van der Waals surface area contributed by atoms with E-state index in [9.17, 15) is 19.0 Å². The van der Waals surface area contributed by atoms with Gasteiger partial charge in [0, 0.05) is 12.8 Å². The predicted molar refractivity (Wildman–Crippen MR) is 319 cm³/mol. The number of carbonyl (C=O) groups excluding carboxylic acids is 2. The summed E-state index contributed by atoms with van der Waals surface area (Å²) in [5.41, 5.74) is 0. The summed E-state index contributed by atoms with van der Waals surface area (Å²) in [6.07, 6.45) is 64.5. The van der Waals surface area contributed by atoms with Gasteiger partial charge in [-0.3, -0.25) is 18.6 Å². The second-order valence-electron chi connectivity index (χ2n) is 23.3. The highest BCUT2D eigenvalue weighted by atomic mass is 31.2. The molecule has 0 aromatic rings. The molecular formula is C64H126N2O7P+. The monoisotopic (exact) mass is 1070 g/mol. The lowest BCUT2D eigenvalue weighted by Gasteiger charge is -2.27. The number of rotatable bonds is 59. The van der Waals surface area contributed by atoms with Gasteiger partial charge in [0.2, 0.25) is 5.91 Å². The summed E-state index contributed by atoms with van der Waals surface area (Å²) in [6.45, 7) is 7.06. The molecule has 10 heteroatoms. The van der Waals surface area contributed by atoms with Gasteiger partial charge in [0.25, 0.3) is 0 Å². The van der Waals surface area contributed by atoms with Crippen molar-refractivity contribution in [3.8, 4) is 0 Å². The smallest absolute Gasteiger partial charge is 0.456 e. The Balaban J connectivity index is 5.18. The van der Waals surface area contributed by atoms with Gasteiger partial charge < -0.3 is 19.4 Å². The molecule has 3 atom stereocenters. The summed E-state index contributed by atoms with van der Waals surface area (Å²) in [6, 6.07) is -0.842. The van der Waals surface area contributed by atoms with Gasteiger partial charge in [-0.15, -0.1) is 0 Å². The van der Waals surface area contributed by atoms with E-state index < -0.39 is 20.0 Å². The van der Waals surface area contributed by atoms with Crippen LogP contribution in [0.3, 0.4) is 0 Å². The summed E-state index contributed by atoms with van der Waals surface area (Å²) in [4.78, 5) is 37.7. The van der Waals surface area contributed by atoms with E-state index in [1.54, 1.807) is 0 Å². The number of esters is 1. The number of hydrogen-bond donors (Lipinski definition) is 2. The van der Waals surface area contributed by atoms with Gasteiger partial charge in [-0.05, 0) is 57.4 Å². The Labute approximate surface area is 460 Å². The van der Waals surface area contributed by atoms with Crippen LogP contribution in [-0.4, -0.2) is 74.3 Å². The lowest BCUT2D eigenvalue weighted by Crippen LogP contribution is -2.47. The van der Waals surface area contributed by atoms with Gasteiger partial charge in [0.15, 0.2) is 0 Å². The third-order valence-corrected chi connectivity index (χ3v) is 15.6. The number of phosphoric ester groups is 1. The fourth-order valence-electron chi connectivity index (χ4n) is 9.64. The zero-order chi connectivity index (χ0) is 54.3. The van der Waals surface area contributed by atoms with Crippen molar-refractivity contribution in [2.45, 2.75) is 335 Å². The van der Waals surface area contributed by atoms with E-state index in [4.69, 9.17) is 13.8 Å². The van der Waals surface area contributed by atoms with Crippen LogP contribution in [0.25, 0.3) is 0 Å². The van der Waals surface area contributed by atoms with E-state index in [1.165, 1.54) is 231 Å². The number of allylic oxidation sites excluding steroid dienone is 3. The van der Waals surface area contributed by atoms with Gasteiger partial charge in [-0.25, -0.2) is 4.57 Å². The third kappa shape index (κ3) is 55.3. The van der Waals surface area contributed by atoms with Gasteiger partial charge in [0.05, 0.1) is 33.8 Å². The van der Waals surface area contributed by atoms with E-state index >= 15 is 0 Å². The Morgan fingerprint density at radius 1 is 0.459 bits per heavy atom. The average molecular weight is 1070 g/mol. The highest BCUT2D eigenvalue weighted by Crippen LogP contribution is 2.43. The van der Waals surface area contributed by atoms with E-state index in [0.29, 0.717) is 23.9 Å². The molecule has 0 saturated heterocycles. The molecule has 0 aliphatic carbocycles. The summed E-state index contributed by atoms with van der Waals surface area (Å²) in [5.74, 6) is -0.488. The maximum Gasteiger partial charge on any atom is 0.472 e. The zero-order valence-electron chi connectivity index (χ0n) is 50.1. The summed E-state index contributed by atoms with van der Waals surface area (Å²) < 4.78 is 30.7. The normalized spacial score (nSPS) is 13.8. The van der Waals surface area contributed by atoms with Gasteiger partial charge >= 0.3 is 13.8 Å². The maximum absolute atomic E-state index is 13.5. The molecule has 0 spiro atoms. The first-order valence-corrected chi connectivity index (χ1v) is 33.7. The number of nitrogens with zero attached hydrogens (tertiary/aromatic N) is 1. The number of likely N-dealkylation sites (N-methyl/N-ethyl adjacent to an activating group) is 1. The number of amides is 1. The predicted octanol–water partition coefficient (Wildman–Crippen LogP) is 19.7. The summed E-state index contributed by atoms with van der Waals surface area (Å²) in [7, 11) is 1.51. The average Bonchev–Trinajstić information content (AvgIpc) is 3.36. The minimum Gasteiger partial charge on any atom is -0.456 e. The van der Waals surface area contributed by atoms with Crippen LogP contribution >= 0.6 is 7.82 Å². The molecule has 2 N–H and O–H groups in total. The highest BCUT2D eigenvalue weighted by Gasteiger charge is 2.30. The van der Waals surface area contributed by atoms with Crippen molar-refractivity contribution in [1.29, 1.82) is 0 Å². The summed E-state index contributed by atoms with van der Waals surface area (Å²) >= 11 is 0. The minimum absolute atomic E-state index is 0.0440. The van der Waals surface area contributed by atoms with E-state index in [2.05, 4.69) is 38.2 Å². The molecule has 438 valence electrons. The van der Waals surface area contributed by atoms with Crippen LogP contribution in [0, 0.1) is 0 Å². The third-order valence-electron chi connectivity index (χ3n) is 14.6. The molecule has 9 nitrogen and oxygen atoms in total. The molecule has 0 aliphatic heterocycles. The van der Waals surface area contributed by atoms with E-state index in [0.717, 1.165) is 57.8 Å². The van der Waals surface area contributed by atoms with Crippen LogP contribution in [0.15, 0.2) is 24.3 Å². The largest absolute Gasteiger partial charge is 0.472 e. The molecule has 0 radical (unpaired) electrons. The van der Waals surface area contributed by atoms with Gasteiger partial charge in [-0.1, -0.05) is 277 Å². The topological polar surface area (TPSA) is 111 Å². The second kappa shape index (κ2) is 54.8. The van der Waals surface area contributed by atoms with Crippen molar-refractivity contribution >= 4 is 19.7 Å². The number of ether oxygens (including phenoxy) is 1. The van der Waals surface area contributed by atoms with Crippen LogP contribution < -0.4 is 5.32 Å². The molecule has 74 heavy (non-hydrogen) atoms. The first-order valence-electron chi connectivity index (χ1n) is 32.2. The Hall–Kier alpha value is -1.51. The van der Waals surface area contributed by atoms with Crippen LogP contribution in [0.2, 0.25) is 0 Å². The zero-order valence-corrected chi connectivity index (χ0v) is 51.0. The fourth-order valence-corrected chi connectivity index (χ4v) is 10.4. The Kier molecular flexibility index (Phi) is 53.7. The fraction of sp³-hybridized carbons (Fsp3) is 0.906. The molecule has 0 heterocycles. The lowest BCUT2D eigenvalue weighted by atomic mass is 10.0. The minimum atomic E-state index is -4.44. The quantitative estimate of drug-likeness (QED) is 0.0205. The number of unbranched alkanes of at least 4 members (excludes halogenated alkanes) is 41. The number of hydrogen-bond acceptors (Lipinski definition) is 6. The first-order chi connectivity index (χ1) is 35.9. The number of phosphoric acid groups is 1. The number of carbonyl (C=O) groups is 2. The van der Waals surface area contributed by atoms with Crippen molar-refractivity contribution < 1.29 is 37.3 Å².